The van der Waals surface area contributed by atoms with Crippen molar-refractivity contribution in [3.8, 4) is 5.75 Å². The molecule has 128 valence electrons. The lowest BCUT2D eigenvalue weighted by Crippen LogP contribution is -2.32. The van der Waals surface area contributed by atoms with E-state index in [9.17, 15) is 4.79 Å². The highest BCUT2D eigenvalue weighted by molar-refractivity contribution is 5.85. The lowest BCUT2D eigenvalue weighted by Gasteiger charge is -2.32. The van der Waals surface area contributed by atoms with Gasteiger partial charge in [0.1, 0.15) is 11.3 Å². The fourth-order valence-electron chi connectivity index (χ4n) is 3.61. The Morgan fingerprint density at radius 2 is 1.96 bits per heavy atom. The molecule has 0 saturated heterocycles. The lowest BCUT2D eigenvalue weighted by molar-refractivity contribution is 0.289. The van der Waals surface area contributed by atoms with Gasteiger partial charge < -0.3 is 14.1 Å². The molecule has 1 aliphatic heterocycles. The highest BCUT2D eigenvalue weighted by atomic mass is 16.5. The summed E-state index contributed by atoms with van der Waals surface area (Å²) in [6.07, 6.45) is 0.794. The Hall–Kier alpha value is -2.75. The maximum atomic E-state index is 12.0. The summed E-state index contributed by atoms with van der Waals surface area (Å²) in [5.41, 5.74) is 5.89. The van der Waals surface area contributed by atoms with Crippen molar-refractivity contribution in [3.63, 3.8) is 0 Å². The lowest BCUT2D eigenvalue weighted by atomic mass is 10.0. The third-order valence-corrected chi connectivity index (χ3v) is 4.86. The molecule has 0 amide bonds. The number of hydrogen-bond acceptors (Lipinski definition) is 4. The van der Waals surface area contributed by atoms with Gasteiger partial charge in [0.25, 0.3) is 0 Å². The molecule has 1 aromatic heterocycles. The summed E-state index contributed by atoms with van der Waals surface area (Å²) in [5, 5.41) is 0.993. The zero-order valence-corrected chi connectivity index (χ0v) is 14.8. The highest BCUT2D eigenvalue weighted by Gasteiger charge is 2.23. The number of rotatable bonds is 2. The van der Waals surface area contributed by atoms with Gasteiger partial charge >= 0.3 is 5.63 Å². The van der Waals surface area contributed by atoms with Crippen LogP contribution in [0.25, 0.3) is 11.0 Å². The molecule has 2 aromatic carbocycles. The van der Waals surface area contributed by atoms with E-state index in [4.69, 9.17) is 9.15 Å². The Labute approximate surface area is 146 Å². The summed E-state index contributed by atoms with van der Waals surface area (Å²) in [6.45, 7) is 7.39. The second-order valence-electron chi connectivity index (χ2n) is 6.62. The zero-order chi connectivity index (χ0) is 17.6. The van der Waals surface area contributed by atoms with E-state index in [1.807, 2.05) is 19.1 Å². The first-order valence-electron chi connectivity index (χ1n) is 8.60. The summed E-state index contributed by atoms with van der Waals surface area (Å²) in [6, 6.07) is 12.0. The van der Waals surface area contributed by atoms with Crippen LogP contribution in [-0.2, 0) is 13.0 Å². The number of ether oxygens (including phenoxy) is 1. The van der Waals surface area contributed by atoms with Crippen molar-refractivity contribution in [2.24, 2.45) is 0 Å². The maximum Gasteiger partial charge on any atom is 0.336 e. The molecule has 0 bridgehead atoms. The summed E-state index contributed by atoms with van der Waals surface area (Å²) < 4.78 is 11.5. The van der Waals surface area contributed by atoms with E-state index >= 15 is 0 Å². The van der Waals surface area contributed by atoms with E-state index in [1.165, 1.54) is 11.1 Å². The number of anilines is 1. The smallest absolute Gasteiger partial charge is 0.336 e. The summed E-state index contributed by atoms with van der Waals surface area (Å²) in [7, 11) is 0. The fraction of sp³-hybridized carbons (Fsp3) is 0.286. The molecule has 4 nitrogen and oxygen atoms in total. The molecule has 0 radical (unpaired) electrons. The molecule has 4 rings (SSSR count). The molecule has 0 saturated carbocycles. The third-order valence-electron chi connectivity index (χ3n) is 4.86. The highest BCUT2D eigenvalue weighted by Crippen LogP contribution is 2.35. The number of hydrogen-bond donors (Lipinski definition) is 0. The average Bonchev–Trinajstić information content (AvgIpc) is 2.60. The Morgan fingerprint density at radius 3 is 2.72 bits per heavy atom. The fourth-order valence-corrected chi connectivity index (χ4v) is 3.61. The molecular weight excluding hydrogens is 314 g/mol. The van der Waals surface area contributed by atoms with Gasteiger partial charge in [-0.05, 0) is 49.6 Å². The van der Waals surface area contributed by atoms with Crippen LogP contribution in [0.3, 0.4) is 0 Å². The Morgan fingerprint density at radius 1 is 1.12 bits per heavy atom. The predicted octanol–water partition coefficient (Wildman–Crippen LogP) is 4.33. The van der Waals surface area contributed by atoms with E-state index in [1.54, 1.807) is 6.07 Å². The molecule has 1 aliphatic rings. The van der Waals surface area contributed by atoms with E-state index in [-0.39, 0.29) is 5.63 Å². The minimum Gasteiger partial charge on any atom is -0.473 e. The monoisotopic (exact) mass is 335 g/mol. The molecule has 4 heteroatoms. The Bertz CT molecular complexity index is 1020. The van der Waals surface area contributed by atoms with Crippen LogP contribution in [-0.4, -0.2) is 6.73 Å². The van der Waals surface area contributed by atoms with Gasteiger partial charge in [-0.3, -0.25) is 0 Å². The van der Waals surface area contributed by atoms with Gasteiger partial charge in [-0.2, -0.15) is 0 Å². The van der Waals surface area contributed by atoms with Crippen molar-refractivity contribution in [1.29, 1.82) is 0 Å². The van der Waals surface area contributed by atoms with Crippen molar-refractivity contribution >= 4 is 16.7 Å². The Kier molecular flexibility index (Phi) is 3.75. The van der Waals surface area contributed by atoms with Crippen molar-refractivity contribution in [2.75, 3.05) is 11.6 Å². The Balaban J connectivity index is 1.84. The van der Waals surface area contributed by atoms with Gasteiger partial charge in [-0.15, -0.1) is 0 Å². The topological polar surface area (TPSA) is 42.7 Å². The molecule has 0 atom stereocenters. The first-order valence-corrected chi connectivity index (χ1v) is 8.60. The standard InChI is InChI=1S/C21H21NO3/c1-4-15-10-20(23)25-21-16(15)6-8-19-17(21)11-22(12-24-19)18-7-5-13(2)9-14(18)3/h5-10H,4,11-12H2,1-3H3. The molecule has 0 spiro atoms. The first kappa shape index (κ1) is 15.8. The minimum atomic E-state index is -0.304. The van der Waals surface area contributed by atoms with Crippen molar-refractivity contribution < 1.29 is 9.15 Å². The minimum absolute atomic E-state index is 0.304. The maximum absolute atomic E-state index is 12.0. The zero-order valence-electron chi connectivity index (χ0n) is 14.8. The van der Waals surface area contributed by atoms with Gasteiger partial charge in [-0.25, -0.2) is 4.79 Å². The largest absolute Gasteiger partial charge is 0.473 e. The van der Waals surface area contributed by atoms with Gasteiger partial charge in [-0.1, -0.05) is 24.6 Å². The van der Waals surface area contributed by atoms with Crippen molar-refractivity contribution in [1.82, 2.24) is 0 Å². The number of aryl methyl sites for hydroxylation is 3. The van der Waals surface area contributed by atoms with E-state index in [0.29, 0.717) is 18.9 Å². The van der Waals surface area contributed by atoms with E-state index < -0.39 is 0 Å². The third kappa shape index (κ3) is 2.68. The van der Waals surface area contributed by atoms with Gasteiger partial charge in [0.05, 0.1) is 12.1 Å². The van der Waals surface area contributed by atoms with E-state index in [2.05, 4.69) is 36.9 Å². The molecule has 2 heterocycles. The molecule has 3 aromatic rings. The van der Waals surface area contributed by atoms with Crippen molar-refractivity contribution in [3.05, 3.63) is 69.1 Å². The molecule has 25 heavy (non-hydrogen) atoms. The normalized spacial score (nSPS) is 13.6. The van der Waals surface area contributed by atoms with Crippen LogP contribution in [0.2, 0.25) is 0 Å². The van der Waals surface area contributed by atoms with Crippen LogP contribution >= 0.6 is 0 Å². The van der Waals surface area contributed by atoms with Crippen LogP contribution in [0.15, 0.2) is 45.6 Å². The quantitative estimate of drug-likeness (QED) is 0.654. The number of benzene rings is 2. The second-order valence-corrected chi connectivity index (χ2v) is 6.62. The molecular formula is C21H21NO3. The van der Waals surface area contributed by atoms with Crippen LogP contribution in [0.5, 0.6) is 5.75 Å². The summed E-state index contributed by atoms with van der Waals surface area (Å²) in [5.74, 6) is 0.796. The van der Waals surface area contributed by atoms with Gasteiger partial charge in [0, 0.05) is 17.1 Å². The second kappa shape index (κ2) is 5.96. The van der Waals surface area contributed by atoms with Crippen LogP contribution in [0, 0.1) is 13.8 Å². The number of nitrogens with zero attached hydrogens (tertiary/aromatic N) is 1. The number of fused-ring (bicyclic) bond motifs is 3. The molecule has 0 fully saturated rings. The summed E-state index contributed by atoms with van der Waals surface area (Å²) in [4.78, 5) is 14.1. The predicted molar refractivity (Wildman–Crippen MR) is 99.5 cm³/mol. The van der Waals surface area contributed by atoms with Crippen LogP contribution < -0.4 is 15.3 Å². The van der Waals surface area contributed by atoms with Gasteiger partial charge in [0.2, 0.25) is 0 Å². The summed E-state index contributed by atoms with van der Waals surface area (Å²) >= 11 is 0. The van der Waals surface area contributed by atoms with Gasteiger partial charge in [0.15, 0.2) is 6.73 Å². The molecule has 0 aliphatic carbocycles. The SMILES string of the molecule is CCc1cc(=O)oc2c3c(ccc12)OCN(c1ccc(C)cc1C)C3. The van der Waals surface area contributed by atoms with E-state index in [0.717, 1.165) is 34.4 Å². The van der Waals surface area contributed by atoms with Crippen LogP contribution in [0.4, 0.5) is 5.69 Å². The van der Waals surface area contributed by atoms with Crippen LogP contribution in [0.1, 0.15) is 29.2 Å². The average molecular weight is 335 g/mol. The van der Waals surface area contributed by atoms with Crippen molar-refractivity contribution in [2.45, 2.75) is 33.7 Å². The molecule has 0 unspecified atom stereocenters. The first-order chi connectivity index (χ1) is 12.1. The molecule has 0 N–H and O–H groups in total.